The van der Waals surface area contributed by atoms with E-state index in [-0.39, 0.29) is 5.91 Å². The Bertz CT molecular complexity index is 769. The van der Waals surface area contributed by atoms with Gasteiger partial charge in [0.1, 0.15) is 12.4 Å². The van der Waals surface area contributed by atoms with E-state index in [9.17, 15) is 4.79 Å². The van der Waals surface area contributed by atoms with Gasteiger partial charge in [-0.1, -0.05) is 24.3 Å². The van der Waals surface area contributed by atoms with Crippen molar-refractivity contribution in [1.82, 2.24) is 10.2 Å². The fraction of sp³-hybridized carbons (Fsp3) is 0.350. The maximum atomic E-state index is 11.9. The van der Waals surface area contributed by atoms with Gasteiger partial charge in [-0.05, 0) is 34.9 Å². The summed E-state index contributed by atoms with van der Waals surface area (Å²) in [7, 11) is 0. The SMILES string of the molecule is O=C1NCc2c1cccc2-c1cccc(OCCN2CCOCC2)c1. The van der Waals surface area contributed by atoms with E-state index < -0.39 is 0 Å². The number of hydrogen-bond donors (Lipinski definition) is 1. The Morgan fingerprint density at radius 1 is 1.08 bits per heavy atom. The molecule has 2 aromatic carbocycles. The second-order valence-corrected chi connectivity index (χ2v) is 6.34. The van der Waals surface area contributed by atoms with Gasteiger partial charge in [0.15, 0.2) is 0 Å². The highest BCUT2D eigenvalue weighted by atomic mass is 16.5. The zero-order valence-corrected chi connectivity index (χ0v) is 14.2. The smallest absolute Gasteiger partial charge is 0.251 e. The van der Waals surface area contributed by atoms with Crippen LogP contribution in [-0.2, 0) is 11.3 Å². The number of nitrogens with zero attached hydrogens (tertiary/aromatic N) is 1. The third-order valence-corrected chi connectivity index (χ3v) is 4.77. The molecule has 1 saturated heterocycles. The van der Waals surface area contributed by atoms with Crippen molar-refractivity contribution < 1.29 is 14.3 Å². The van der Waals surface area contributed by atoms with Crippen LogP contribution in [0.1, 0.15) is 15.9 Å². The molecule has 130 valence electrons. The number of carbonyl (C=O) groups excluding carboxylic acids is 1. The van der Waals surface area contributed by atoms with E-state index in [0.717, 1.165) is 60.9 Å². The molecule has 1 N–H and O–H groups in total. The van der Waals surface area contributed by atoms with E-state index >= 15 is 0 Å². The second-order valence-electron chi connectivity index (χ2n) is 6.34. The Kier molecular flexibility index (Phi) is 4.68. The van der Waals surface area contributed by atoms with E-state index in [1.165, 1.54) is 0 Å². The summed E-state index contributed by atoms with van der Waals surface area (Å²) < 4.78 is 11.3. The molecule has 0 bridgehead atoms. The molecule has 1 amide bonds. The minimum atomic E-state index is 0.00904. The van der Waals surface area contributed by atoms with Crippen molar-refractivity contribution in [3.8, 4) is 16.9 Å². The molecule has 0 unspecified atom stereocenters. The minimum Gasteiger partial charge on any atom is -0.492 e. The molecule has 2 aliphatic rings. The van der Waals surface area contributed by atoms with Gasteiger partial charge in [0.2, 0.25) is 0 Å². The van der Waals surface area contributed by atoms with Gasteiger partial charge in [0.05, 0.1) is 13.2 Å². The number of fused-ring (bicyclic) bond motifs is 1. The van der Waals surface area contributed by atoms with Crippen LogP contribution in [-0.4, -0.2) is 50.3 Å². The van der Waals surface area contributed by atoms with E-state index in [4.69, 9.17) is 9.47 Å². The molecule has 2 heterocycles. The van der Waals surface area contributed by atoms with E-state index in [1.54, 1.807) is 0 Å². The van der Waals surface area contributed by atoms with Gasteiger partial charge in [0.25, 0.3) is 5.91 Å². The number of hydrogen-bond acceptors (Lipinski definition) is 4. The topological polar surface area (TPSA) is 50.8 Å². The average Bonchev–Trinajstić information content (AvgIpc) is 3.04. The second kappa shape index (κ2) is 7.25. The lowest BCUT2D eigenvalue weighted by atomic mass is 9.97. The Balaban J connectivity index is 1.46. The Morgan fingerprint density at radius 3 is 2.76 bits per heavy atom. The first-order valence-electron chi connectivity index (χ1n) is 8.75. The molecule has 0 radical (unpaired) electrons. The van der Waals surface area contributed by atoms with Crippen LogP contribution < -0.4 is 10.1 Å². The molecular formula is C20H22N2O3. The van der Waals surface area contributed by atoms with Gasteiger partial charge >= 0.3 is 0 Å². The van der Waals surface area contributed by atoms with Crippen LogP contribution in [0.2, 0.25) is 0 Å². The van der Waals surface area contributed by atoms with Gasteiger partial charge in [-0.3, -0.25) is 9.69 Å². The highest BCUT2D eigenvalue weighted by molar-refractivity contribution is 6.00. The lowest BCUT2D eigenvalue weighted by molar-refractivity contribution is 0.0322. The predicted molar refractivity (Wildman–Crippen MR) is 95.8 cm³/mol. The first kappa shape index (κ1) is 16.1. The van der Waals surface area contributed by atoms with Gasteiger partial charge < -0.3 is 14.8 Å². The summed E-state index contributed by atoms with van der Waals surface area (Å²) in [6.45, 7) is 5.72. The zero-order chi connectivity index (χ0) is 17.1. The van der Waals surface area contributed by atoms with Crippen molar-refractivity contribution in [2.45, 2.75) is 6.54 Å². The first-order chi connectivity index (χ1) is 12.3. The van der Waals surface area contributed by atoms with Crippen molar-refractivity contribution in [2.24, 2.45) is 0 Å². The number of benzene rings is 2. The van der Waals surface area contributed by atoms with Crippen molar-refractivity contribution in [2.75, 3.05) is 39.5 Å². The molecule has 0 aromatic heterocycles. The Hall–Kier alpha value is -2.37. The number of ether oxygens (including phenoxy) is 2. The van der Waals surface area contributed by atoms with Crippen LogP contribution in [0, 0.1) is 0 Å². The average molecular weight is 338 g/mol. The summed E-state index contributed by atoms with van der Waals surface area (Å²) in [4.78, 5) is 14.2. The summed E-state index contributed by atoms with van der Waals surface area (Å²) in [5, 5.41) is 2.89. The summed E-state index contributed by atoms with van der Waals surface area (Å²) in [5.41, 5.74) is 4.01. The van der Waals surface area contributed by atoms with Crippen molar-refractivity contribution in [1.29, 1.82) is 0 Å². The van der Waals surface area contributed by atoms with Crippen LogP contribution in [0.3, 0.4) is 0 Å². The van der Waals surface area contributed by atoms with E-state index in [2.05, 4.69) is 28.4 Å². The minimum absolute atomic E-state index is 0.00904. The van der Waals surface area contributed by atoms with E-state index in [1.807, 2.05) is 24.3 Å². The van der Waals surface area contributed by atoms with Crippen LogP contribution >= 0.6 is 0 Å². The third kappa shape index (κ3) is 3.52. The number of amides is 1. The molecule has 1 fully saturated rings. The van der Waals surface area contributed by atoms with Crippen molar-refractivity contribution in [3.05, 3.63) is 53.6 Å². The van der Waals surface area contributed by atoms with Crippen LogP contribution in [0.25, 0.3) is 11.1 Å². The lowest BCUT2D eigenvalue weighted by Gasteiger charge is -2.26. The highest BCUT2D eigenvalue weighted by Gasteiger charge is 2.21. The number of morpholine rings is 1. The molecule has 0 saturated carbocycles. The summed E-state index contributed by atoms with van der Waals surface area (Å²) in [6.07, 6.45) is 0. The molecular weight excluding hydrogens is 316 g/mol. The normalized spacial score (nSPS) is 17.2. The van der Waals surface area contributed by atoms with Crippen LogP contribution in [0.4, 0.5) is 0 Å². The van der Waals surface area contributed by atoms with E-state index in [0.29, 0.717) is 13.2 Å². The molecule has 5 nitrogen and oxygen atoms in total. The fourth-order valence-electron chi connectivity index (χ4n) is 3.40. The molecule has 5 heteroatoms. The molecule has 2 aromatic rings. The maximum absolute atomic E-state index is 11.9. The molecule has 25 heavy (non-hydrogen) atoms. The van der Waals surface area contributed by atoms with Crippen LogP contribution in [0.15, 0.2) is 42.5 Å². The summed E-state index contributed by atoms with van der Waals surface area (Å²) in [6, 6.07) is 14.0. The molecule has 4 rings (SSSR count). The third-order valence-electron chi connectivity index (χ3n) is 4.77. The standard InChI is InChI=1S/C20H22N2O3/c23-20-18-6-2-5-17(19(18)14-21-20)15-3-1-4-16(13-15)25-12-9-22-7-10-24-11-8-22/h1-6,13H,7-12,14H2,(H,21,23). The largest absolute Gasteiger partial charge is 0.492 e. The Morgan fingerprint density at radius 2 is 1.88 bits per heavy atom. The van der Waals surface area contributed by atoms with Gasteiger partial charge in [-0.2, -0.15) is 0 Å². The number of nitrogens with one attached hydrogen (secondary N) is 1. The highest BCUT2D eigenvalue weighted by Crippen LogP contribution is 2.31. The van der Waals surface area contributed by atoms with Gasteiger partial charge in [-0.15, -0.1) is 0 Å². The fourth-order valence-corrected chi connectivity index (χ4v) is 3.40. The van der Waals surface area contributed by atoms with Crippen molar-refractivity contribution >= 4 is 5.91 Å². The monoisotopic (exact) mass is 338 g/mol. The van der Waals surface area contributed by atoms with Gasteiger partial charge in [0, 0.05) is 31.7 Å². The zero-order valence-electron chi connectivity index (χ0n) is 14.2. The number of rotatable bonds is 5. The molecule has 2 aliphatic heterocycles. The predicted octanol–water partition coefficient (Wildman–Crippen LogP) is 2.31. The molecule has 0 atom stereocenters. The molecule has 0 spiro atoms. The van der Waals surface area contributed by atoms with Crippen LogP contribution in [0.5, 0.6) is 5.75 Å². The maximum Gasteiger partial charge on any atom is 0.251 e. The first-order valence-corrected chi connectivity index (χ1v) is 8.75. The summed E-state index contributed by atoms with van der Waals surface area (Å²) >= 11 is 0. The van der Waals surface area contributed by atoms with Crippen molar-refractivity contribution in [3.63, 3.8) is 0 Å². The quantitative estimate of drug-likeness (QED) is 0.909. The Labute approximate surface area is 147 Å². The lowest BCUT2D eigenvalue weighted by Crippen LogP contribution is -2.38. The molecule has 0 aliphatic carbocycles. The van der Waals surface area contributed by atoms with Gasteiger partial charge in [-0.25, -0.2) is 0 Å². The number of carbonyl (C=O) groups is 1. The summed E-state index contributed by atoms with van der Waals surface area (Å²) in [5.74, 6) is 0.871.